The number of imidazole rings is 1. The zero-order chi connectivity index (χ0) is 15.2. The van der Waals surface area contributed by atoms with Gasteiger partial charge in [0, 0.05) is 31.2 Å². The molecule has 2 rings (SSSR count). The Bertz CT molecular complexity index is 713. The van der Waals surface area contributed by atoms with Crippen LogP contribution >= 0.6 is 14.9 Å². The van der Waals surface area contributed by atoms with Gasteiger partial charge in [0.1, 0.15) is 5.65 Å². The second kappa shape index (κ2) is 4.76. The number of pyridine rings is 1. The molecule has 2 heterocycles. The van der Waals surface area contributed by atoms with Gasteiger partial charge in [0.15, 0.2) is 7.29 Å². The third kappa shape index (κ3) is 2.45. The van der Waals surface area contributed by atoms with Crippen molar-refractivity contribution in [3.63, 3.8) is 0 Å². The molecule has 0 bridgehead atoms. The lowest BCUT2D eigenvalue weighted by molar-refractivity contribution is 0.264. The topological polar surface area (TPSA) is 118 Å². The fraction of sp³-hybridized carbons (Fsp3) is 0.300. The number of fused-ring (bicyclic) bond motifs is 1. The number of aromatic nitrogens is 2. The lowest BCUT2D eigenvalue weighted by atomic mass is 10.3. The summed E-state index contributed by atoms with van der Waals surface area (Å²) in [4.78, 5) is 22.4. The standard InChI is InChI=1S/C10H14FN3O4P2/c1-19(12,15)10(11,20(16,17)18)6-8-7-13-9-4-2-3-5-14(8)9/h2-5,7H,6H2,1H3,(H2,12,15)(H2,16,17,18). The Balaban J connectivity index is 2.55. The Hall–Kier alpha value is -1.04. The zero-order valence-electron chi connectivity index (χ0n) is 10.5. The maximum Gasteiger partial charge on any atom is 0.371 e. The molecule has 4 N–H and O–H groups in total. The van der Waals surface area contributed by atoms with Crippen molar-refractivity contribution in [1.29, 1.82) is 0 Å². The summed E-state index contributed by atoms with van der Waals surface area (Å²) in [6.45, 7) is 0.815. The van der Waals surface area contributed by atoms with E-state index in [0.29, 0.717) is 5.65 Å². The summed E-state index contributed by atoms with van der Waals surface area (Å²) in [5.74, 6) is 0. The molecule has 2 aromatic rings. The molecule has 0 spiro atoms. The fourth-order valence-corrected chi connectivity index (χ4v) is 4.78. The molecule has 110 valence electrons. The molecule has 0 aromatic carbocycles. The molecular formula is C10H14FN3O4P2. The predicted octanol–water partition coefficient (Wildman–Crippen LogP) is 1.54. The first-order valence-electron chi connectivity index (χ1n) is 5.58. The lowest BCUT2D eigenvalue weighted by Gasteiger charge is -2.29. The van der Waals surface area contributed by atoms with Gasteiger partial charge in [0.05, 0.1) is 0 Å². The van der Waals surface area contributed by atoms with Crippen LogP contribution in [0.5, 0.6) is 0 Å². The maximum atomic E-state index is 14.7. The zero-order valence-corrected chi connectivity index (χ0v) is 12.3. The van der Waals surface area contributed by atoms with Crippen molar-refractivity contribution in [2.24, 2.45) is 5.50 Å². The van der Waals surface area contributed by atoms with E-state index in [1.165, 1.54) is 10.6 Å². The minimum atomic E-state index is -5.32. The van der Waals surface area contributed by atoms with Crippen molar-refractivity contribution in [3.05, 3.63) is 36.3 Å². The first-order valence-corrected chi connectivity index (χ1v) is 9.41. The molecule has 10 heteroatoms. The highest BCUT2D eigenvalue weighted by Gasteiger charge is 2.58. The summed E-state index contributed by atoms with van der Waals surface area (Å²) in [7, 11) is -9.52. The van der Waals surface area contributed by atoms with Crippen molar-refractivity contribution in [2.45, 2.75) is 11.6 Å². The smallest absolute Gasteiger partial charge is 0.322 e. The van der Waals surface area contributed by atoms with E-state index in [2.05, 4.69) is 4.98 Å². The molecular weight excluding hydrogens is 307 g/mol. The van der Waals surface area contributed by atoms with Crippen LogP contribution < -0.4 is 5.50 Å². The molecule has 0 fully saturated rings. The first-order chi connectivity index (χ1) is 9.06. The van der Waals surface area contributed by atoms with E-state index >= 15 is 0 Å². The van der Waals surface area contributed by atoms with Crippen molar-refractivity contribution in [2.75, 3.05) is 6.66 Å². The third-order valence-corrected chi connectivity index (χ3v) is 7.57. The van der Waals surface area contributed by atoms with E-state index in [4.69, 9.17) is 5.50 Å². The second-order valence-corrected chi connectivity index (χ2v) is 9.45. The van der Waals surface area contributed by atoms with Gasteiger partial charge in [0.2, 0.25) is 0 Å². The molecule has 7 nitrogen and oxygen atoms in total. The number of nitrogens with two attached hydrogens (primary N) is 1. The van der Waals surface area contributed by atoms with Gasteiger partial charge in [-0.15, -0.1) is 0 Å². The highest BCUT2D eigenvalue weighted by Crippen LogP contribution is 2.69. The van der Waals surface area contributed by atoms with Gasteiger partial charge in [-0.05, 0) is 12.1 Å². The van der Waals surface area contributed by atoms with Crippen LogP contribution in [0.1, 0.15) is 5.69 Å². The second-order valence-electron chi connectivity index (χ2n) is 4.61. The number of rotatable bonds is 4. The number of halogens is 1. The summed E-state index contributed by atoms with van der Waals surface area (Å²) in [5, 5.41) is -3.31. The summed E-state index contributed by atoms with van der Waals surface area (Å²) in [5.41, 5.74) is 5.88. The van der Waals surface area contributed by atoms with Gasteiger partial charge in [-0.1, -0.05) is 6.07 Å². The summed E-state index contributed by atoms with van der Waals surface area (Å²) in [6, 6.07) is 5.02. The average molecular weight is 321 g/mol. The van der Waals surface area contributed by atoms with Gasteiger partial charge < -0.3 is 18.8 Å². The van der Waals surface area contributed by atoms with Gasteiger partial charge in [0.25, 0.3) is 5.15 Å². The Morgan fingerprint density at radius 2 is 2.10 bits per heavy atom. The highest BCUT2D eigenvalue weighted by atomic mass is 31.2. The van der Waals surface area contributed by atoms with Gasteiger partial charge in [-0.3, -0.25) is 10.1 Å². The monoisotopic (exact) mass is 321 g/mol. The van der Waals surface area contributed by atoms with E-state index in [1.807, 2.05) is 0 Å². The molecule has 0 radical (unpaired) electrons. The SMILES string of the molecule is CP(N)(=O)C(F)(Cc1cnc2ccccn12)P(=O)(O)O. The number of alkyl halides is 1. The summed E-state index contributed by atoms with van der Waals surface area (Å²) in [6.07, 6.45) is 2.05. The predicted molar refractivity (Wildman–Crippen MR) is 72.5 cm³/mol. The van der Waals surface area contributed by atoms with E-state index in [-0.39, 0.29) is 5.69 Å². The third-order valence-electron chi connectivity index (χ3n) is 3.03. The molecule has 2 atom stereocenters. The van der Waals surface area contributed by atoms with Crippen molar-refractivity contribution < 1.29 is 23.3 Å². The van der Waals surface area contributed by atoms with Crippen LogP contribution in [-0.2, 0) is 15.6 Å². The molecule has 2 aromatic heterocycles. The summed E-state index contributed by atoms with van der Waals surface area (Å²) < 4.78 is 39.4. The minimum Gasteiger partial charge on any atom is -0.322 e. The van der Waals surface area contributed by atoms with Crippen molar-refractivity contribution in [1.82, 2.24) is 9.38 Å². The number of hydrogen-bond donors (Lipinski definition) is 3. The normalized spacial score (nSPS) is 18.6. The average Bonchev–Trinajstić information content (AvgIpc) is 2.70. The summed E-state index contributed by atoms with van der Waals surface area (Å²) >= 11 is 0. The Kier molecular flexibility index (Phi) is 3.65. The molecule has 0 saturated carbocycles. The van der Waals surface area contributed by atoms with Crippen LogP contribution in [0.15, 0.2) is 30.6 Å². The van der Waals surface area contributed by atoms with Crippen molar-refractivity contribution >= 4 is 20.5 Å². The quantitative estimate of drug-likeness (QED) is 0.735. The number of nitrogens with zero attached hydrogens (tertiary/aromatic N) is 2. The van der Waals surface area contributed by atoms with Crippen LogP contribution in [0.25, 0.3) is 5.65 Å². The Morgan fingerprint density at radius 1 is 1.45 bits per heavy atom. The maximum absolute atomic E-state index is 14.7. The minimum absolute atomic E-state index is 0.180. The first kappa shape index (κ1) is 15.4. The van der Waals surface area contributed by atoms with E-state index in [0.717, 1.165) is 6.66 Å². The van der Waals surface area contributed by atoms with E-state index in [9.17, 15) is 23.3 Å². The fourth-order valence-electron chi connectivity index (χ4n) is 1.86. The van der Waals surface area contributed by atoms with Crippen LogP contribution in [0.4, 0.5) is 4.39 Å². The Morgan fingerprint density at radius 3 is 2.65 bits per heavy atom. The molecule has 0 saturated heterocycles. The van der Waals surface area contributed by atoms with Crippen molar-refractivity contribution in [3.8, 4) is 0 Å². The molecule has 0 amide bonds. The Labute approximate surface area is 114 Å². The van der Waals surface area contributed by atoms with Crippen LogP contribution in [0.3, 0.4) is 0 Å². The van der Waals surface area contributed by atoms with Gasteiger partial charge in [-0.2, -0.15) is 0 Å². The van der Waals surface area contributed by atoms with Crippen LogP contribution in [0.2, 0.25) is 0 Å². The lowest BCUT2D eigenvalue weighted by Crippen LogP contribution is -2.30. The molecule has 20 heavy (non-hydrogen) atoms. The van der Waals surface area contributed by atoms with Gasteiger partial charge in [-0.25, -0.2) is 9.37 Å². The molecule has 0 aliphatic carbocycles. The van der Waals surface area contributed by atoms with Crippen LogP contribution in [0, 0.1) is 0 Å². The molecule has 2 unspecified atom stereocenters. The van der Waals surface area contributed by atoms with Crippen LogP contribution in [-0.4, -0.2) is 31.0 Å². The van der Waals surface area contributed by atoms with Gasteiger partial charge >= 0.3 is 7.60 Å². The molecule has 0 aliphatic heterocycles. The van der Waals surface area contributed by atoms with E-state index < -0.39 is 26.5 Å². The number of hydrogen-bond acceptors (Lipinski definition) is 3. The van der Waals surface area contributed by atoms with E-state index in [1.54, 1.807) is 24.4 Å². The largest absolute Gasteiger partial charge is 0.371 e. The highest BCUT2D eigenvalue weighted by molar-refractivity contribution is 7.76. The molecule has 0 aliphatic rings.